The van der Waals surface area contributed by atoms with E-state index in [1.54, 1.807) is 0 Å². The molecule has 1 aromatic carbocycles. The predicted molar refractivity (Wildman–Crippen MR) is 88.2 cm³/mol. The van der Waals surface area contributed by atoms with Gasteiger partial charge in [-0.25, -0.2) is 0 Å². The summed E-state index contributed by atoms with van der Waals surface area (Å²) in [4.78, 5) is 14.9. The van der Waals surface area contributed by atoms with Crippen molar-refractivity contribution in [1.29, 1.82) is 0 Å². The van der Waals surface area contributed by atoms with Gasteiger partial charge in [0.15, 0.2) is 0 Å². The Bertz CT molecular complexity index is 506. The molecule has 1 saturated carbocycles. The average Bonchev–Trinajstić information content (AvgIpc) is 3.35. The van der Waals surface area contributed by atoms with Crippen LogP contribution in [0.4, 0.5) is 5.69 Å². The minimum absolute atomic E-state index is 0.108. The topological polar surface area (TPSA) is 41.6 Å². The van der Waals surface area contributed by atoms with Crippen molar-refractivity contribution >= 4 is 11.6 Å². The van der Waals surface area contributed by atoms with Gasteiger partial charge in [-0.2, -0.15) is 0 Å². The molecule has 1 amide bonds. The van der Waals surface area contributed by atoms with Crippen molar-refractivity contribution in [1.82, 2.24) is 4.90 Å². The van der Waals surface area contributed by atoms with Gasteiger partial charge in [0.25, 0.3) is 0 Å². The highest BCUT2D eigenvalue weighted by molar-refractivity contribution is 5.92. The number of carbonyl (C=O) groups is 1. The smallest absolute Gasteiger partial charge is 0.224 e. The number of nitrogens with zero attached hydrogens (tertiary/aromatic N) is 1. The Kier molecular flexibility index (Phi) is 4.98. The summed E-state index contributed by atoms with van der Waals surface area (Å²) in [5.74, 6) is 1.38. The van der Waals surface area contributed by atoms with E-state index in [-0.39, 0.29) is 5.91 Å². The summed E-state index contributed by atoms with van der Waals surface area (Å²) < 4.78 is 5.55. The van der Waals surface area contributed by atoms with Crippen LogP contribution in [-0.2, 0) is 4.79 Å². The minimum Gasteiger partial charge on any atom is -0.492 e. The lowest BCUT2D eigenvalue weighted by atomic mass is 9.93. The first-order chi connectivity index (χ1) is 10.8. The van der Waals surface area contributed by atoms with E-state index in [1.807, 2.05) is 31.2 Å². The molecule has 1 N–H and O–H groups in total. The number of hydrogen-bond donors (Lipinski definition) is 1. The van der Waals surface area contributed by atoms with E-state index < -0.39 is 0 Å². The number of hydrogen-bond acceptors (Lipinski definition) is 3. The van der Waals surface area contributed by atoms with Gasteiger partial charge in [-0.3, -0.25) is 4.79 Å². The molecule has 1 saturated heterocycles. The fraction of sp³-hybridized carbons (Fsp3) is 0.611. The lowest BCUT2D eigenvalue weighted by Gasteiger charge is -2.31. The first-order valence-electron chi connectivity index (χ1n) is 8.52. The Morgan fingerprint density at radius 2 is 1.95 bits per heavy atom. The van der Waals surface area contributed by atoms with Crippen LogP contribution in [0.3, 0.4) is 0 Å². The van der Waals surface area contributed by atoms with Gasteiger partial charge in [0.1, 0.15) is 5.75 Å². The lowest BCUT2D eigenvalue weighted by Crippen LogP contribution is -2.36. The molecule has 4 nitrogen and oxygen atoms in total. The summed E-state index contributed by atoms with van der Waals surface area (Å²) >= 11 is 0. The molecule has 120 valence electrons. The summed E-state index contributed by atoms with van der Waals surface area (Å²) in [6.45, 7) is 4.88. The van der Waals surface area contributed by atoms with E-state index in [0.29, 0.717) is 18.9 Å². The fourth-order valence-corrected chi connectivity index (χ4v) is 3.28. The normalized spacial score (nSPS) is 19.9. The van der Waals surface area contributed by atoms with Crippen molar-refractivity contribution in [2.24, 2.45) is 5.92 Å². The number of ether oxygens (including phenoxy) is 1. The van der Waals surface area contributed by atoms with Gasteiger partial charge in [0.05, 0.1) is 12.3 Å². The number of nitrogens with one attached hydrogen (secondary N) is 1. The third-order valence-electron chi connectivity index (χ3n) is 4.65. The fourth-order valence-electron chi connectivity index (χ4n) is 3.28. The van der Waals surface area contributed by atoms with E-state index in [2.05, 4.69) is 10.2 Å². The Labute approximate surface area is 132 Å². The molecule has 2 fully saturated rings. The van der Waals surface area contributed by atoms with Crippen molar-refractivity contribution in [3.8, 4) is 5.75 Å². The van der Waals surface area contributed by atoms with Crippen LogP contribution in [0.2, 0.25) is 0 Å². The second-order valence-corrected chi connectivity index (χ2v) is 6.39. The van der Waals surface area contributed by atoms with Crippen molar-refractivity contribution in [3.05, 3.63) is 24.3 Å². The van der Waals surface area contributed by atoms with Gasteiger partial charge in [0.2, 0.25) is 5.91 Å². The molecule has 1 aromatic rings. The molecule has 2 aliphatic rings. The highest BCUT2D eigenvalue weighted by Crippen LogP contribution is 2.32. The Morgan fingerprint density at radius 1 is 1.23 bits per heavy atom. The Morgan fingerprint density at radius 3 is 2.64 bits per heavy atom. The Balaban J connectivity index is 1.48. The SMILES string of the molecule is CCOc1ccccc1NC(=O)CC1CCN(C2CC2)CC1. The van der Waals surface area contributed by atoms with Crippen LogP contribution in [0.5, 0.6) is 5.75 Å². The molecule has 0 spiro atoms. The molecule has 1 aliphatic heterocycles. The van der Waals surface area contributed by atoms with Gasteiger partial charge in [0, 0.05) is 12.5 Å². The largest absolute Gasteiger partial charge is 0.492 e. The maximum absolute atomic E-state index is 12.3. The third kappa shape index (κ3) is 4.01. The quantitative estimate of drug-likeness (QED) is 0.876. The average molecular weight is 302 g/mol. The first kappa shape index (κ1) is 15.3. The predicted octanol–water partition coefficient (Wildman–Crippen LogP) is 3.29. The molecule has 0 radical (unpaired) electrons. The van der Waals surface area contributed by atoms with Crippen molar-refractivity contribution in [2.75, 3.05) is 25.0 Å². The monoisotopic (exact) mass is 302 g/mol. The van der Waals surface area contributed by atoms with Gasteiger partial charge in [-0.1, -0.05) is 12.1 Å². The summed E-state index contributed by atoms with van der Waals surface area (Å²) in [7, 11) is 0. The number of anilines is 1. The number of para-hydroxylation sites is 2. The van der Waals surface area contributed by atoms with Crippen molar-refractivity contribution in [2.45, 2.75) is 45.1 Å². The van der Waals surface area contributed by atoms with Gasteiger partial charge >= 0.3 is 0 Å². The maximum atomic E-state index is 12.3. The molecule has 0 atom stereocenters. The van der Waals surface area contributed by atoms with Crippen LogP contribution in [0, 0.1) is 5.92 Å². The van der Waals surface area contributed by atoms with E-state index in [1.165, 1.54) is 12.8 Å². The molecule has 1 heterocycles. The number of likely N-dealkylation sites (tertiary alicyclic amines) is 1. The van der Waals surface area contributed by atoms with Crippen LogP contribution in [-0.4, -0.2) is 36.5 Å². The van der Waals surface area contributed by atoms with Crippen LogP contribution in [0.15, 0.2) is 24.3 Å². The number of piperidine rings is 1. The van der Waals surface area contributed by atoms with Crippen LogP contribution < -0.4 is 10.1 Å². The first-order valence-corrected chi connectivity index (χ1v) is 8.52. The molecule has 4 heteroatoms. The molecule has 0 bridgehead atoms. The minimum atomic E-state index is 0.108. The van der Waals surface area contributed by atoms with E-state index in [9.17, 15) is 4.79 Å². The summed E-state index contributed by atoms with van der Waals surface area (Å²) in [6, 6.07) is 8.50. The maximum Gasteiger partial charge on any atom is 0.224 e. The zero-order chi connectivity index (χ0) is 15.4. The zero-order valence-electron chi connectivity index (χ0n) is 13.4. The molecule has 1 aliphatic carbocycles. The van der Waals surface area contributed by atoms with E-state index in [4.69, 9.17) is 4.74 Å². The molecular weight excluding hydrogens is 276 g/mol. The number of benzene rings is 1. The molecule has 0 aromatic heterocycles. The Hall–Kier alpha value is -1.55. The van der Waals surface area contributed by atoms with E-state index in [0.717, 1.165) is 43.4 Å². The van der Waals surface area contributed by atoms with Crippen LogP contribution >= 0.6 is 0 Å². The number of carbonyl (C=O) groups excluding carboxylic acids is 1. The highest BCUT2D eigenvalue weighted by Gasteiger charge is 2.32. The van der Waals surface area contributed by atoms with Gasteiger partial charge in [-0.05, 0) is 63.7 Å². The van der Waals surface area contributed by atoms with Crippen molar-refractivity contribution < 1.29 is 9.53 Å². The highest BCUT2D eigenvalue weighted by atomic mass is 16.5. The van der Waals surface area contributed by atoms with Gasteiger partial charge in [-0.15, -0.1) is 0 Å². The lowest BCUT2D eigenvalue weighted by molar-refractivity contribution is -0.117. The molecule has 0 unspecified atom stereocenters. The molecule has 3 rings (SSSR count). The zero-order valence-corrected chi connectivity index (χ0v) is 13.4. The second-order valence-electron chi connectivity index (χ2n) is 6.39. The number of amides is 1. The molecule has 22 heavy (non-hydrogen) atoms. The van der Waals surface area contributed by atoms with Crippen LogP contribution in [0.25, 0.3) is 0 Å². The van der Waals surface area contributed by atoms with E-state index >= 15 is 0 Å². The summed E-state index contributed by atoms with van der Waals surface area (Å²) in [5, 5.41) is 3.01. The summed E-state index contributed by atoms with van der Waals surface area (Å²) in [5.41, 5.74) is 0.782. The standard InChI is InChI=1S/C18H26N2O2/c1-2-22-17-6-4-3-5-16(17)19-18(21)13-14-9-11-20(12-10-14)15-7-8-15/h3-6,14-15H,2,7-13H2,1H3,(H,19,21). The van der Waals surface area contributed by atoms with Crippen LogP contribution in [0.1, 0.15) is 39.0 Å². The number of rotatable bonds is 6. The summed E-state index contributed by atoms with van der Waals surface area (Å²) in [6.07, 6.45) is 5.67. The van der Waals surface area contributed by atoms with Gasteiger partial charge < -0.3 is 15.0 Å². The van der Waals surface area contributed by atoms with Crippen molar-refractivity contribution in [3.63, 3.8) is 0 Å². The second kappa shape index (κ2) is 7.14. The third-order valence-corrected chi connectivity index (χ3v) is 4.65. The molecular formula is C18H26N2O2.